The number of rotatable bonds is 6. The fraction of sp³-hybridized carbons (Fsp3) is 0.235. The third kappa shape index (κ3) is 4.03. The summed E-state index contributed by atoms with van der Waals surface area (Å²) >= 11 is 2.71. The summed E-state index contributed by atoms with van der Waals surface area (Å²) in [5, 5.41) is 10.6. The minimum Gasteiger partial charge on any atom is -0.454 e. The maximum absolute atomic E-state index is 12.8. The number of carbonyl (C=O) groups excluding carboxylic acids is 1. The van der Waals surface area contributed by atoms with Gasteiger partial charge in [0.2, 0.25) is 11.9 Å². The lowest BCUT2D eigenvalue weighted by Crippen LogP contribution is -2.39. The molecule has 2 N–H and O–H groups in total. The number of carbonyl (C=O) groups is 1. The van der Waals surface area contributed by atoms with Crippen molar-refractivity contribution in [2.45, 2.75) is 17.8 Å². The molecule has 1 amide bonds. The summed E-state index contributed by atoms with van der Waals surface area (Å²) in [5.74, 6) is 1.29. The summed E-state index contributed by atoms with van der Waals surface area (Å²) in [6, 6.07) is 5.12. The molecule has 0 atom stereocenters. The third-order valence-electron chi connectivity index (χ3n) is 3.98. The van der Waals surface area contributed by atoms with Gasteiger partial charge in [-0.05, 0) is 23.4 Å². The zero-order valence-electron chi connectivity index (χ0n) is 15.1. The fourth-order valence-electron chi connectivity index (χ4n) is 2.65. The Kier molecular flexibility index (Phi) is 5.36. The quantitative estimate of drug-likeness (QED) is 0.442. The summed E-state index contributed by atoms with van der Waals surface area (Å²) < 4.78 is 12.2. The average Bonchev–Trinajstić information content (AvgIpc) is 3.34. The molecular formula is C17H15N5O5S2. The summed E-state index contributed by atoms with van der Waals surface area (Å²) in [6.45, 7) is 2.08. The highest BCUT2D eigenvalue weighted by Crippen LogP contribution is 2.32. The molecule has 3 heterocycles. The van der Waals surface area contributed by atoms with Crippen molar-refractivity contribution in [3.05, 3.63) is 56.4 Å². The second-order valence-electron chi connectivity index (χ2n) is 5.85. The van der Waals surface area contributed by atoms with Crippen LogP contribution in [-0.4, -0.2) is 38.2 Å². The molecule has 1 aliphatic heterocycles. The molecule has 4 rings (SSSR count). The van der Waals surface area contributed by atoms with Crippen LogP contribution < -0.4 is 26.0 Å². The van der Waals surface area contributed by atoms with Crippen molar-refractivity contribution in [2.75, 3.05) is 17.9 Å². The number of benzene rings is 1. The summed E-state index contributed by atoms with van der Waals surface area (Å²) in [6.07, 6.45) is 1.10. The van der Waals surface area contributed by atoms with Crippen molar-refractivity contribution < 1.29 is 14.3 Å². The van der Waals surface area contributed by atoms with Crippen LogP contribution in [0.15, 0.2) is 38.3 Å². The van der Waals surface area contributed by atoms with E-state index in [9.17, 15) is 14.4 Å². The van der Waals surface area contributed by atoms with Crippen LogP contribution in [0.4, 0.5) is 5.13 Å². The summed E-state index contributed by atoms with van der Waals surface area (Å²) in [7, 11) is 0. The van der Waals surface area contributed by atoms with E-state index in [4.69, 9.17) is 9.47 Å². The van der Waals surface area contributed by atoms with Crippen LogP contribution in [0.25, 0.3) is 0 Å². The molecule has 1 aliphatic rings. The molecule has 29 heavy (non-hydrogen) atoms. The lowest BCUT2D eigenvalue weighted by atomic mass is 10.2. The Morgan fingerprint density at radius 1 is 1.31 bits per heavy atom. The number of H-pyrrole nitrogens is 1. The molecule has 0 spiro atoms. The Morgan fingerprint density at radius 3 is 2.97 bits per heavy atom. The van der Waals surface area contributed by atoms with Gasteiger partial charge in [0.25, 0.3) is 11.5 Å². The highest BCUT2D eigenvalue weighted by atomic mass is 32.2. The molecule has 0 aliphatic carbocycles. The zero-order chi connectivity index (χ0) is 20.4. The molecule has 0 bridgehead atoms. The number of hydrogen-bond donors (Lipinski definition) is 2. The lowest BCUT2D eigenvalue weighted by molar-refractivity contribution is 0.102. The molecule has 2 aromatic heterocycles. The molecule has 0 saturated carbocycles. The molecule has 1 aromatic carbocycles. The van der Waals surface area contributed by atoms with E-state index in [1.165, 1.54) is 23.1 Å². The summed E-state index contributed by atoms with van der Waals surface area (Å²) in [4.78, 5) is 39.9. The molecular weight excluding hydrogens is 418 g/mol. The zero-order valence-corrected chi connectivity index (χ0v) is 16.8. The van der Waals surface area contributed by atoms with Gasteiger partial charge in [0.05, 0.1) is 6.54 Å². The van der Waals surface area contributed by atoms with Crippen molar-refractivity contribution in [1.82, 2.24) is 19.7 Å². The number of nitrogens with one attached hydrogen (secondary N) is 2. The van der Waals surface area contributed by atoms with Crippen LogP contribution in [0.2, 0.25) is 0 Å². The first-order chi connectivity index (χ1) is 14.0. The van der Waals surface area contributed by atoms with Gasteiger partial charge in [-0.2, -0.15) is 0 Å². The first-order valence-corrected chi connectivity index (χ1v) is 10.3. The molecule has 0 saturated heterocycles. The third-order valence-corrected chi connectivity index (χ3v) is 5.83. The van der Waals surface area contributed by atoms with E-state index in [-0.39, 0.29) is 24.0 Å². The smallest absolute Gasteiger partial charge is 0.328 e. The van der Waals surface area contributed by atoms with E-state index in [0.29, 0.717) is 21.4 Å². The minimum atomic E-state index is -0.711. The van der Waals surface area contributed by atoms with Crippen molar-refractivity contribution in [3.63, 3.8) is 0 Å². The van der Waals surface area contributed by atoms with Crippen LogP contribution >= 0.6 is 23.1 Å². The molecule has 0 unspecified atom stereocenters. The van der Waals surface area contributed by atoms with Crippen LogP contribution in [0.3, 0.4) is 0 Å². The van der Waals surface area contributed by atoms with Crippen molar-refractivity contribution in [1.29, 1.82) is 0 Å². The van der Waals surface area contributed by atoms with Crippen LogP contribution in [0.5, 0.6) is 11.5 Å². The Hall–Kier alpha value is -3.12. The number of amides is 1. The van der Waals surface area contributed by atoms with Crippen molar-refractivity contribution in [3.8, 4) is 11.5 Å². The van der Waals surface area contributed by atoms with Gasteiger partial charge in [0.1, 0.15) is 5.56 Å². The predicted octanol–water partition coefficient (Wildman–Crippen LogP) is 1.53. The van der Waals surface area contributed by atoms with Crippen molar-refractivity contribution >= 4 is 34.1 Å². The van der Waals surface area contributed by atoms with Gasteiger partial charge in [-0.3, -0.25) is 19.5 Å². The van der Waals surface area contributed by atoms with Gasteiger partial charge < -0.3 is 14.5 Å². The minimum absolute atomic E-state index is 0.0258. The Labute approximate surface area is 171 Å². The van der Waals surface area contributed by atoms with Gasteiger partial charge in [-0.25, -0.2) is 4.79 Å². The number of fused-ring (bicyclic) bond motifs is 1. The van der Waals surface area contributed by atoms with Gasteiger partial charge in [0, 0.05) is 6.20 Å². The Balaban J connectivity index is 1.58. The van der Waals surface area contributed by atoms with Crippen molar-refractivity contribution in [2.24, 2.45) is 0 Å². The van der Waals surface area contributed by atoms with E-state index in [0.717, 1.165) is 16.5 Å². The maximum Gasteiger partial charge on any atom is 0.328 e. The Bertz CT molecular complexity index is 1190. The highest BCUT2D eigenvalue weighted by Gasteiger charge is 2.18. The van der Waals surface area contributed by atoms with Gasteiger partial charge in [0.15, 0.2) is 15.8 Å². The first-order valence-electron chi connectivity index (χ1n) is 8.54. The molecule has 0 radical (unpaired) electrons. The fourth-order valence-corrected chi connectivity index (χ4v) is 4.29. The SMILES string of the molecule is CCSc1nnc(NC(=O)c2c[nH]c(=O)n(Cc3ccc4c(c3)OCO4)c2=O)s1. The van der Waals surface area contributed by atoms with E-state index in [1.54, 1.807) is 18.2 Å². The van der Waals surface area contributed by atoms with Crippen LogP contribution in [-0.2, 0) is 6.54 Å². The van der Waals surface area contributed by atoms with E-state index >= 15 is 0 Å². The van der Waals surface area contributed by atoms with E-state index in [2.05, 4.69) is 20.5 Å². The molecule has 0 fully saturated rings. The number of hydrogen-bond acceptors (Lipinski definition) is 9. The Morgan fingerprint density at radius 2 is 2.14 bits per heavy atom. The molecule has 10 nitrogen and oxygen atoms in total. The molecule has 150 valence electrons. The normalized spacial score (nSPS) is 12.2. The number of ether oxygens (including phenoxy) is 2. The summed E-state index contributed by atoms with van der Waals surface area (Å²) in [5.41, 5.74) is -0.881. The topological polar surface area (TPSA) is 128 Å². The average molecular weight is 433 g/mol. The second-order valence-corrected chi connectivity index (χ2v) is 8.34. The van der Waals surface area contributed by atoms with Crippen LogP contribution in [0, 0.1) is 0 Å². The standard InChI is InChI=1S/C17H15N5O5S2/c1-2-28-17-21-20-15(29-17)19-13(23)10-6-18-16(25)22(14(10)24)7-9-3-4-11-12(5-9)27-8-26-11/h3-6H,2,7-8H2,1H3,(H,18,25)(H,19,20,23). The van der Waals surface area contributed by atoms with Gasteiger partial charge in [-0.15, -0.1) is 10.2 Å². The van der Waals surface area contributed by atoms with Crippen LogP contribution in [0.1, 0.15) is 22.8 Å². The van der Waals surface area contributed by atoms with E-state index in [1.807, 2.05) is 6.92 Å². The monoisotopic (exact) mass is 433 g/mol. The highest BCUT2D eigenvalue weighted by molar-refractivity contribution is 8.01. The molecule has 12 heteroatoms. The number of thioether (sulfide) groups is 1. The number of aromatic nitrogens is 4. The largest absolute Gasteiger partial charge is 0.454 e. The first kappa shape index (κ1) is 19.2. The second kappa shape index (κ2) is 8.09. The number of nitrogens with zero attached hydrogens (tertiary/aromatic N) is 3. The van der Waals surface area contributed by atoms with E-state index < -0.39 is 17.2 Å². The lowest BCUT2D eigenvalue weighted by Gasteiger charge is -2.08. The predicted molar refractivity (Wildman–Crippen MR) is 107 cm³/mol. The number of aromatic amines is 1. The molecule has 3 aromatic rings. The maximum atomic E-state index is 12.8. The number of anilines is 1. The van der Waals surface area contributed by atoms with Gasteiger partial charge in [-0.1, -0.05) is 36.1 Å². The van der Waals surface area contributed by atoms with Gasteiger partial charge >= 0.3 is 5.69 Å².